The maximum atomic E-state index is 9.37. The van der Waals surface area contributed by atoms with Crippen molar-refractivity contribution in [3.63, 3.8) is 0 Å². The molecule has 0 aliphatic heterocycles. The molecule has 0 aliphatic carbocycles. The van der Waals surface area contributed by atoms with Gasteiger partial charge in [0.1, 0.15) is 6.10 Å². The minimum absolute atomic E-state index is 0.286. The molecule has 0 bridgehead atoms. The number of alkyl halides is 1. The van der Waals surface area contributed by atoms with Gasteiger partial charge in [0.05, 0.1) is 5.88 Å². The zero-order valence-corrected chi connectivity index (χ0v) is 12.8. The fourth-order valence-electron chi connectivity index (χ4n) is 1.25. The predicted molar refractivity (Wildman–Crippen MR) is 81.6 cm³/mol. The number of rotatable bonds is 6. The van der Waals surface area contributed by atoms with Crippen molar-refractivity contribution < 1.29 is 5.11 Å². The van der Waals surface area contributed by atoms with Gasteiger partial charge in [-0.3, -0.25) is 0 Å². The van der Waals surface area contributed by atoms with E-state index in [1.54, 1.807) is 0 Å². The Morgan fingerprint density at radius 1 is 1.00 bits per heavy atom. The van der Waals surface area contributed by atoms with Crippen molar-refractivity contribution in [1.82, 2.24) is 0 Å². The molecule has 1 nitrogen and oxygen atoms in total. The van der Waals surface area contributed by atoms with Gasteiger partial charge in [0.15, 0.2) is 0 Å². The second kappa shape index (κ2) is 18.7. The highest BCUT2D eigenvalue weighted by Gasteiger charge is 1.96. The summed E-state index contributed by atoms with van der Waals surface area (Å²) in [6.45, 7) is 6.19. The molecule has 0 aromatic heterocycles. The van der Waals surface area contributed by atoms with Gasteiger partial charge >= 0.3 is 0 Å². The van der Waals surface area contributed by atoms with Gasteiger partial charge in [0, 0.05) is 12.8 Å². The largest absolute Gasteiger partial charge is 0.380 e. The molecule has 0 saturated heterocycles. The van der Waals surface area contributed by atoms with Gasteiger partial charge in [-0.2, -0.15) is 0 Å². The number of unbranched alkanes of at least 4 members (excludes halogenated alkanes) is 4. The van der Waals surface area contributed by atoms with Crippen LogP contribution in [0.1, 0.15) is 65.7 Å². The lowest BCUT2D eigenvalue weighted by Gasteiger charge is -1.99. The molecule has 0 spiro atoms. The van der Waals surface area contributed by atoms with Crippen molar-refractivity contribution in [2.45, 2.75) is 71.8 Å². The van der Waals surface area contributed by atoms with Crippen molar-refractivity contribution in [2.24, 2.45) is 0 Å². The molecule has 0 rings (SSSR count). The summed E-state index contributed by atoms with van der Waals surface area (Å²) in [4.78, 5) is 0. The van der Waals surface area contributed by atoms with E-state index in [1.165, 1.54) is 19.3 Å². The van der Waals surface area contributed by atoms with E-state index in [2.05, 4.69) is 30.6 Å². The van der Waals surface area contributed by atoms with E-state index in [1.807, 2.05) is 13.8 Å². The zero-order chi connectivity index (χ0) is 14.1. The summed E-state index contributed by atoms with van der Waals surface area (Å²) in [5, 5.41) is 9.37. The fourth-order valence-corrected chi connectivity index (χ4v) is 1.33. The van der Waals surface area contributed by atoms with Crippen LogP contribution in [0.5, 0.6) is 0 Å². The van der Waals surface area contributed by atoms with E-state index >= 15 is 0 Å². The highest BCUT2D eigenvalue weighted by Crippen LogP contribution is 2.00. The number of aliphatic hydroxyl groups is 1. The zero-order valence-electron chi connectivity index (χ0n) is 12.1. The highest BCUT2D eigenvalue weighted by atomic mass is 35.5. The van der Waals surface area contributed by atoms with E-state index in [0.29, 0.717) is 6.42 Å². The first-order chi connectivity index (χ1) is 8.81. The van der Waals surface area contributed by atoms with Gasteiger partial charge in [-0.15, -0.1) is 23.4 Å². The fraction of sp³-hybridized carbons (Fsp3) is 0.750. The van der Waals surface area contributed by atoms with Gasteiger partial charge in [0.25, 0.3) is 0 Å². The monoisotopic (exact) mass is 270 g/mol. The maximum absolute atomic E-state index is 9.37. The lowest BCUT2D eigenvalue weighted by molar-refractivity contribution is 0.219. The third-order valence-electron chi connectivity index (χ3n) is 2.15. The molecule has 0 amide bonds. The first-order valence-corrected chi connectivity index (χ1v) is 7.52. The number of aliphatic hydroxyl groups excluding tert-OH is 1. The summed E-state index contributed by atoms with van der Waals surface area (Å²) in [7, 11) is 0. The summed E-state index contributed by atoms with van der Waals surface area (Å²) in [5.41, 5.74) is 0. The number of hydrogen-bond acceptors (Lipinski definition) is 1. The van der Waals surface area contributed by atoms with Gasteiger partial charge in [-0.25, -0.2) is 0 Å². The quantitative estimate of drug-likeness (QED) is 0.432. The van der Waals surface area contributed by atoms with Crippen LogP contribution in [0.3, 0.4) is 0 Å². The summed E-state index contributed by atoms with van der Waals surface area (Å²) in [6, 6.07) is 0. The molecule has 2 heteroatoms. The smallest absolute Gasteiger partial charge is 0.114 e. The van der Waals surface area contributed by atoms with E-state index in [0.717, 1.165) is 19.3 Å². The number of halogens is 1. The second-order valence-corrected chi connectivity index (χ2v) is 3.94. The van der Waals surface area contributed by atoms with E-state index in [9.17, 15) is 5.11 Å². The Balaban J connectivity index is 0. The third kappa shape index (κ3) is 17.8. The van der Waals surface area contributed by atoms with E-state index in [4.69, 9.17) is 11.6 Å². The molecule has 0 radical (unpaired) electrons. The minimum atomic E-state index is -0.541. The molecule has 0 saturated carbocycles. The van der Waals surface area contributed by atoms with Crippen LogP contribution in [0.4, 0.5) is 0 Å². The van der Waals surface area contributed by atoms with Crippen molar-refractivity contribution in [2.75, 3.05) is 5.88 Å². The van der Waals surface area contributed by atoms with E-state index < -0.39 is 6.10 Å². The molecule has 0 aromatic rings. The van der Waals surface area contributed by atoms with Crippen LogP contribution in [0.25, 0.3) is 0 Å². The Bertz CT molecular complexity index is 264. The molecule has 0 aliphatic rings. The van der Waals surface area contributed by atoms with E-state index in [-0.39, 0.29) is 5.88 Å². The van der Waals surface area contributed by atoms with Crippen LogP contribution >= 0.6 is 11.6 Å². The summed E-state index contributed by atoms with van der Waals surface area (Å²) in [5.74, 6) is 11.9. The first kappa shape index (κ1) is 19.7. The Hall–Kier alpha value is -0.630. The van der Waals surface area contributed by atoms with Gasteiger partial charge in [-0.05, 0) is 19.3 Å². The van der Waals surface area contributed by atoms with Crippen LogP contribution in [-0.2, 0) is 0 Å². The Labute approximate surface area is 118 Å². The molecule has 18 heavy (non-hydrogen) atoms. The third-order valence-corrected chi connectivity index (χ3v) is 2.28. The van der Waals surface area contributed by atoms with Crippen LogP contribution in [-0.4, -0.2) is 17.1 Å². The second-order valence-electron chi connectivity index (χ2n) is 3.67. The molecule has 0 aromatic carbocycles. The van der Waals surface area contributed by atoms with Gasteiger partial charge in [0.2, 0.25) is 0 Å². The summed E-state index contributed by atoms with van der Waals surface area (Å²) in [6.07, 6.45) is 6.61. The molecule has 1 unspecified atom stereocenters. The van der Waals surface area contributed by atoms with Crippen LogP contribution in [0.2, 0.25) is 0 Å². The Kier molecular flexibility index (Phi) is 20.5. The molecule has 0 fully saturated rings. The van der Waals surface area contributed by atoms with Crippen molar-refractivity contribution in [3.8, 4) is 23.7 Å². The first-order valence-electron chi connectivity index (χ1n) is 6.99. The predicted octanol–water partition coefficient (Wildman–Crippen LogP) is 4.37. The lowest BCUT2D eigenvalue weighted by Crippen LogP contribution is -2.01. The number of hydrogen-bond donors (Lipinski definition) is 1. The molecule has 104 valence electrons. The average molecular weight is 271 g/mol. The standard InChI is InChI=1S/C14H21ClO.C2H6/c1-2-3-4-5-6-7-8-9-11-14(16)12-10-13-15;1-2/h14,16H,2-5,8-9,11,13H2,1H3;1-2H3. The maximum Gasteiger partial charge on any atom is 0.114 e. The van der Waals surface area contributed by atoms with Crippen molar-refractivity contribution in [1.29, 1.82) is 0 Å². The highest BCUT2D eigenvalue weighted by molar-refractivity contribution is 6.19. The molecule has 1 N–H and O–H groups in total. The van der Waals surface area contributed by atoms with Crippen molar-refractivity contribution >= 4 is 11.6 Å². The Morgan fingerprint density at radius 2 is 1.61 bits per heavy atom. The summed E-state index contributed by atoms with van der Waals surface area (Å²) >= 11 is 5.38. The molecular weight excluding hydrogens is 244 g/mol. The van der Waals surface area contributed by atoms with Crippen LogP contribution in [0, 0.1) is 23.7 Å². The summed E-state index contributed by atoms with van der Waals surface area (Å²) < 4.78 is 0. The molecule has 0 heterocycles. The van der Waals surface area contributed by atoms with Crippen LogP contribution < -0.4 is 0 Å². The lowest BCUT2D eigenvalue weighted by atomic mass is 10.1. The van der Waals surface area contributed by atoms with Gasteiger partial charge in [-0.1, -0.05) is 45.5 Å². The van der Waals surface area contributed by atoms with Crippen molar-refractivity contribution in [3.05, 3.63) is 0 Å². The topological polar surface area (TPSA) is 20.2 Å². The normalized spacial score (nSPS) is 10.1. The average Bonchev–Trinajstić information content (AvgIpc) is 2.41. The minimum Gasteiger partial charge on any atom is -0.380 e. The SMILES string of the molecule is CC.CCCCCC#CCCCC(O)C#CCCl. The van der Waals surface area contributed by atoms with Crippen LogP contribution in [0.15, 0.2) is 0 Å². The Morgan fingerprint density at radius 3 is 2.17 bits per heavy atom. The molecular formula is C16H27ClO. The van der Waals surface area contributed by atoms with Gasteiger partial charge < -0.3 is 5.11 Å². The molecule has 1 atom stereocenters.